The minimum atomic E-state index is 0.310. The van der Waals surface area contributed by atoms with Gasteiger partial charge in [-0.1, -0.05) is 26.0 Å². The van der Waals surface area contributed by atoms with Gasteiger partial charge in [0.25, 0.3) is 0 Å². The van der Waals surface area contributed by atoms with E-state index < -0.39 is 0 Å². The smallest absolute Gasteiger partial charge is 0.115 e. The summed E-state index contributed by atoms with van der Waals surface area (Å²) in [5, 5.41) is 9.26. The van der Waals surface area contributed by atoms with Gasteiger partial charge < -0.3 is 10.1 Å². The SMILES string of the molecule is CC(C)Cc1c[nH]cc1-c1ccc(O)cc1. The number of phenols is 1. The molecule has 2 heteroatoms. The summed E-state index contributed by atoms with van der Waals surface area (Å²) in [5.41, 5.74) is 3.71. The predicted molar refractivity (Wildman–Crippen MR) is 66.4 cm³/mol. The van der Waals surface area contributed by atoms with Crippen LogP contribution in [-0.4, -0.2) is 10.1 Å². The van der Waals surface area contributed by atoms with Crippen molar-refractivity contribution >= 4 is 0 Å². The molecule has 2 nitrogen and oxygen atoms in total. The van der Waals surface area contributed by atoms with Gasteiger partial charge in [0.15, 0.2) is 0 Å². The molecular formula is C14H17NO. The number of rotatable bonds is 3. The van der Waals surface area contributed by atoms with Crippen LogP contribution in [0.5, 0.6) is 5.75 Å². The highest BCUT2D eigenvalue weighted by Gasteiger charge is 2.07. The first-order valence-corrected chi connectivity index (χ1v) is 5.62. The lowest BCUT2D eigenvalue weighted by molar-refractivity contribution is 0.475. The Bertz CT molecular complexity index is 454. The van der Waals surface area contributed by atoms with Gasteiger partial charge in [-0.25, -0.2) is 0 Å². The van der Waals surface area contributed by atoms with Gasteiger partial charge in [-0.3, -0.25) is 0 Å². The highest BCUT2D eigenvalue weighted by Crippen LogP contribution is 2.26. The van der Waals surface area contributed by atoms with Gasteiger partial charge in [0.2, 0.25) is 0 Å². The standard InChI is InChI=1S/C14H17NO/c1-10(2)7-12-8-15-9-14(12)11-3-5-13(16)6-4-11/h3-6,8-10,15-16H,7H2,1-2H3. The molecule has 0 aliphatic rings. The molecule has 0 fully saturated rings. The van der Waals surface area contributed by atoms with Crippen LogP contribution in [0.3, 0.4) is 0 Å². The van der Waals surface area contributed by atoms with Gasteiger partial charge in [-0.05, 0) is 35.6 Å². The Kier molecular flexibility index (Phi) is 3.00. The molecule has 2 aromatic rings. The molecule has 0 bridgehead atoms. The Labute approximate surface area is 96.0 Å². The van der Waals surface area contributed by atoms with Gasteiger partial charge >= 0.3 is 0 Å². The van der Waals surface area contributed by atoms with E-state index in [-0.39, 0.29) is 0 Å². The second-order valence-electron chi connectivity index (χ2n) is 4.54. The molecular weight excluding hydrogens is 198 g/mol. The lowest BCUT2D eigenvalue weighted by Gasteiger charge is -2.06. The monoisotopic (exact) mass is 215 g/mol. The molecule has 0 spiro atoms. The fraction of sp³-hybridized carbons (Fsp3) is 0.286. The Morgan fingerprint density at radius 1 is 1.12 bits per heavy atom. The second kappa shape index (κ2) is 4.44. The maximum absolute atomic E-state index is 9.26. The fourth-order valence-corrected chi connectivity index (χ4v) is 1.91. The average Bonchev–Trinajstić information content (AvgIpc) is 2.66. The zero-order valence-electron chi connectivity index (χ0n) is 9.70. The molecule has 1 aromatic carbocycles. The van der Waals surface area contributed by atoms with E-state index in [2.05, 4.69) is 25.0 Å². The molecule has 0 atom stereocenters. The summed E-state index contributed by atoms with van der Waals surface area (Å²) in [7, 11) is 0. The van der Waals surface area contributed by atoms with Crippen LogP contribution in [0.25, 0.3) is 11.1 Å². The second-order valence-corrected chi connectivity index (χ2v) is 4.54. The van der Waals surface area contributed by atoms with Crippen molar-refractivity contribution in [3.63, 3.8) is 0 Å². The number of phenolic OH excluding ortho intramolecular Hbond substituents is 1. The first-order valence-electron chi connectivity index (χ1n) is 5.62. The molecule has 2 N–H and O–H groups in total. The summed E-state index contributed by atoms with van der Waals surface area (Å²) >= 11 is 0. The van der Waals surface area contributed by atoms with E-state index >= 15 is 0 Å². The summed E-state index contributed by atoms with van der Waals surface area (Å²) in [6.45, 7) is 4.43. The topological polar surface area (TPSA) is 36.0 Å². The van der Waals surface area contributed by atoms with Crippen molar-refractivity contribution in [1.82, 2.24) is 4.98 Å². The molecule has 0 saturated carbocycles. The van der Waals surface area contributed by atoms with Crippen molar-refractivity contribution in [3.8, 4) is 16.9 Å². The van der Waals surface area contributed by atoms with Crippen molar-refractivity contribution in [2.24, 2.45) is 5.92 Å². The molecule has 0 saturated heterocycles. The summed E-state index contributed by atoms with van der Waals surface area (Å²) < 4.78 is 0. The molecule has 1 heterocycles. The normalized spacial score (nSPS) is 10.9. The molecule has 0 aliphatic heterocycles. The van der Waals surface area contributed by atoms with Gasteiger partial charge in [0, 0.05) is 18.0 Å². The fourth-order valence-electron chi connectivity index (χ4n) is 1.91. The van der Waals surface area contributed by atoms with Crippen molar-refractivity contribution in [1.29, 1.82) is 0 Å². The van der Waals surface area contributed by atoms with Crippen LogP contribution in [0, 0.1) is 5.92 Å². The zero-order valence-corrected chi connectivity index (χ0v) is 9.70. The van der Waals surface area contributed by atoms with Gasteiger partial charge in [-0.2, -0.15) is 0 Å². The predicted octanol–water partition coefficient (Wildman–Crippen LogP) is 3.59. The van der Waals surface area contributed by atoms with Crippen LogP contribution >= 0.6 is 0 Å². The van der Waals surface area contributed by atoms with Gasteiger partial charge in [0.1, 0.15) is 5.75 Å². The Balaban J connectivity index is 2.33. The molecule has 16 heavy (non-hydrogen) atoms. The van der Waals surface area contributed by atoms with Crippen molar-refractivity contribution in [3.05, 3.63) is 42.2 Å². The first-order chi connectivity index (χ1) is 7.66. The number of hydrogen-bond acceptors (Lipinski definition) is 1. The molecule has 0 aliphatic carbocycles. The highest BCUT2D eigenvalue weighted by molar-refractivity contribution is 5.67. The molecule has 84 valence electrons. The molecule has 2 rings (SSSR count). The lowest BCUT2D eigenvalue weighted by atomic mass is 9.98. The summed E-state index contributed by atoms with van der Waals surface area (Å²) in [6.07, 6.45) is 5.14. The number of H-pyrrole nitrogens is 1. The minimum Gasteiger partial charge on any atom is -0.508 e. The number of benzene rings is 1. The van der Waals surface area contributed by atoms with Crippen LogP contribution in [0.2, 0.25) is 0 Å². The van der Waals surface area contributed by atoms with Crippen molar-refractivity contribution in [2.45, 2.75) is 20.3 Å². The number of hydrogen-bond donors (Lipinski definition) is 2. The van der Waals surface area contributed by atoms with E-state index in [1.54, 1.807) is 12.1 Å². The van der Waals surface area contributed by atoms with E-state index in [0.717, 1.165) is 12.0 Å². The van der Waals surface area contributed by atoms with E-state index in [4.69, 9.17) is 0 Å². The first kappa shape index (κ1) is 10.8. The van der Waals surface area contributed by atoms with Crippen molar-refractivity contribution < 1.29 is 5.11 Å². The Morgan fingerprint density at radius 2 is 1.81 bits per heavy atom. The quantitative estimate of drug-likeness (QED) is 0.806. The molecule has 0 unspecified atom stereocenters. The van der Waals surface area contributed by atoms with Crippen LogP contribution in [-0.2, 0) is 6.42 Å². The largest absolute Gasteiger partial charge is 0.508 e. The van der Waals surface area contributed by atoms with Crippen molar-refractivity contribution in [2.75, 3.05) is 0 Å². The van der Waals surface area contributed by atoms with Crippen LogP contribution < -0.4 is 0 Å². The Morgan fingerprint density at radius 3 is 2.44 bits per heavy atom. The van der Waals surface area contributed by atoms with Crippen LogP contribution in [0.4, 0.5) is 0 Å². The van der Waals surface area contributed by atoms with Crippen LogP contribution in [0.1, 0.15) is 19.4 Å². The molecule has 0 radical (unpaired) electrons. The van der Waals surface area contributed by atoms with Gasteiger partial charge in [-0.15, -0.1) is 0 Å². The summed E-state index contributed by atoms with van der Waals surface area (Å²) in [5.74, 6) is 0.955. The van der Waals surface area contributed by atoms with E-state index in [1.807, 2.05) is 18.3 Å². The lowest BCUT2D eigenvalue weighted by Crippen LogP contribution is -1.93. The Hall–Kier alpha value is -1.70. The van der Waals surface area contributed by atoms with Gasteiger partial charge in [0.05, 0.1) is 0 Å². The maximum Gasteiger partial charge on any atom is 0.115 e. The number of nitrogens with one attached hydrogen (secondary N) is 1. The van der Waals surface area contributed by atoms with E-state index in [0.29, 0.717) is 11.7 Å². The maximum atomic E-state index is 9.26. The van der Waals surface area contributed by atoms with E-state index in [1.165, 1.54) is 11.1 Å². The highest BCUT2D eigenvalue weighted by atomic mass is 16.3. The minimum absolute atomic E-state index is 0.310. The van der Waals surface area contributed by atoms with E-state index in [9.17, 15) is 5.11 Å². The molecule has 1 aromatic heterocycles. The molecule has 0 amide bonds. The number of aromatic hydroxyl groups is 1. The summed E-state index contributed by atoms with van der Waals surface area (Å²) in [6, 6.07) is 7.34. The van der Waals surface area contributed by atoms with Crippen LogP contribution in [0.15, 0.2) is 36.7 Å². The summed E-state index contributed by atoms with van der Waals surface area (Å²) in [4.78, 5) is 3.15. The third-order valence-corrected chi connectivity index (χ3v) is 2.64. The third-order valence-electron chi connectivity index (χ3n) is 2.64. The third kappa shape index (κ3) is 2.27. The number of aromatic amines is 1. The average molecular weight is 215 g/mol. The zero-order chi connectivity index (χ0) is 11.5. The number of aromatic nitrogens is 1.